The lowest BCUT2D eigenvalue weighted by molar-refractivity contribution is 0.602. The molecule has 0 spiro atoms. The van der Waals surface area contributed by atoms with Crippen LogP contribution in [0, 0.1) is 0 Å². The number of hydrogen-bond donors (Lipinski definition) is 1. The second-order valence-electron chi connectivity index (χ2n) is 3.12. The molecule has 1 aromatic carbocycles. The van der Waals surface area contributed by atoms with Crippen molar-refractivity contribution in [2.75, 3.05) is 6.26 Å². The van der Waals surface area contributed by atoms with E-state index in [1.807, 2.05) is 0 Å². The van der Waals surface area contributed by atoms with Crippen LogP contribution >= 0.6 is 11.6 Å². The lowest BCUT2D eigenvalue weighted by Gasteiger charge is -2.00. The van der Waals surface area contributed by atoms with Crippen molar-refractivity contribution in [3.63, 3.8) is 0 Å². The van der Waals surface area contributed by atoms with E-state index in [0.29, 0.717) is 5.02 Å². The highest BCUT2D eigenvalue weighted by molar-refractivity contribution is 7.90. The number of rotatable bonds is 1. The second kappa shape index (κ2) is 3.00. The van der Waals surface area contributed by atoms with Gasteiger partial charge in [-0.05, 0) is 18.2 Å². The quantitative estimate of drug-likeness (QED) is 0.815. The van der Waals surface area contributed by atoms with Gasteiger partial charge in [-0.25, -0.2) is 8.42 Å². The smallest absolute Gasteiger partial charge is 0.175 e. The first kappa shape index (κ1) is 9.55. The van der Waals surface area contributed by atoms with Crippen molar-refractivity contribution in [2.24, 2.45) is 0 Å². The van der Waals surface area contributed by atoms with Gasteiger partial charge < -0.3 is 4.98 Å². The van der Waals surface area contributed by atoms with E-state index in [0.717, 1.165) is 17.2 Å². The molecule has 0 fully saturated rings. The van der Waals surface area contributed by atoms with Gasteiger partial charge in [-0.2, -0.15) is 0 Å². The Bertz CT molecular complexity index is 586. The van der Waals surface area contributed by atoms with Crippen LogP contribution in [-0.2, 0) is 9.84 Å². The summed E-state index contributed by atoms with van der Waals surface area (Å²) in [6, 6.07) is 4.85. The number of aromatic amines is 1. The van der Waals surface area contributed by atoms with Crippen LogP contribution < -0.4 is 0 Å². The number of benzene rings is 1. The molecule has 3 nitrogen and oxygen atoms in total. The maximum atomic E-state index is 11.3. The minimum absolute atomic E-state index is 0.245. The standard InChI is InChI=1S/C9H8ClNO2S/c1-14(12,13)7-4-6-2-3-11-9(6)8(10)5-7/h2-5,11H,1H3. The van der Waals surface area contributed by atoms with E-state index < -0.39 is 9.84 Å². The van der Waals surface area contributed by atoms with Crippen molar-refractivity contribution in [3.05, 3.63) is 29.4 Å². The average molecular weight is 230 g/mol. The van der Waals surface area contributed by atoms with Gasteiger partial charge in [0.05, 0.1) is 15.4 Å². The molecule has 0 aliphatic rings. The summed E-state index contributed by atoms with van der Waals surface area (Å²) in [5.41, 5.74) is 0.763. The van der Waals surface area contributed by atoms with Crippen LogP contribution in [0.1, 0.15) is 0 Å². The molecule has 0 aliphatic carbocycles. The SMILES string of the molecule is CS(=O)(=O)c1cc(Cl)c2[nH]ccc2c1. The molecule has 0 bridgehead atoms. The Morgan fingerprint density at radius 3 is 2.71 bits per heavy atom. The molecule has 0 atom stereocenters. The third-order valence-electron chi connectivity index (χ3n) is 2.01. The fraction of sp³-hybridized carbons (Fsp3) is 0.111. The Hall–Kier alpha value is -1.00. The van der Waals surface area contributed by atoms with Crippen molar-refractivity contribution in [3.8, 4) is 0 Å². The van der Waals surface area contributed by atoms with Crippen LogP contribution in [0.5, 0.6) is 0 Å². The van der Waals surface area contributed by atoms with Gasteiger partial charge in [0, 0.05) is 17.8 Å². The van der Waals surface area contributed by atoms with Crippen LogP contribution in [0.3, 0.4) is 0 Å². The molecule has 14 heavy (non-hydrogen) atoms. The molecule has 0 unspecified atom stereocenters. The van der Waals surface area contributed by atoms with E-state index in [2.05, 4.69) is 4.98 Å². The summed E-state index contributed by atoms with van der Waals surface area (Å²) >= 11 is 5.91. The Balaban J connectivity index is 2.83. The van der Waals surface area contributed by atoms with Crippen molar-refractivity contribution in [1.82, 2.24) is 4.98 Å². The number of sulfone groups is 1. The number of hydrogen-bond acceptors (Lipinski definition) is 2. The summed E-state index contributed by atoms with van der Waals surface area (Å²) in [7, 11) is -3.19. The zero-order valence-corrected chi connectivity index (χ0v) is 8.98. The molecule has 1 heterocycles. The molecule has 0 aliphatic heterocycles. The van der Waals surface area contributed by atoms with E-state index in [9.17, 15) is 8.42 Å². The normalized spacial score (nSPS) is 12.1. The van der Waals surface area contributed by atoms with Crippen molar-refractivity contribution < 1.29 is 8.42 Å². The molecule has 0 radical (unpaired) electrons. The second-order valence-corrected chi connectivity index (χ2v) is 5.54. The molecule has 0 saturated heterocycles. The van der Waals surface area contributed by atoms with Crippen LogP contribution in [0.2, 0.25) is 5.02 Å². The minimum atomic E-state index is -3.19. The topological polar surface area (TPSA) is 49.9 Å². The number of fused-ring (bicyclic) bond motifs is 1. The third-order valence-corrected chi connectivity index (χ3v) is 3.40. The number of nitrogens with one attached hydrogen (secondary N) is 1. The van der Waals surface area contributed by atoms with Gasteiger partial charge in [0.25, 0.3) is 0 Å². The fourth-order valence-electron chi connectivity index (χ4n) is 1.31. The molecule has 74 valence electrons. The van der Waals surface area contributed by atoms with Gasteiger partial charge in [0.2, 0.25) is 0 Å². The van der Waals surface area contributed by atoms with Gasteiger partial charge in [-0.15, -0.1) is 0 Å². The first-order chi connectivity index (χ1) is 6.48. The van der Waals surface area contributed by atoms with Gasteiger partial charge in [-0.1, -0.05) is 11.6 Å². The van der Waals surface area contributed by atoms with E-state index in [1.54, 1.807) is 18.3 Å². The summed E-state index contributed by atoms with van der Waals surface area (Å²) in [5, 5.41) is 1.23. The first-order valence-corrected chi connectivity index (χ1v) is 6.22. The number of halogens is 1. The highest BCUT2D eigenvalue weighted by Gasteiger charge is 2.10. The van der Waals surface area contributed by atoms with Crippen LogP contribution in [0.15, 0.2) is 29.3 Å². The van der Waals surface area contributed by atoms with Crippen molar-refractivity contribution in [2.45, 2.75) is 4.90 Å². The van der Waals surface area contributed by atoms with Crippen LogP contribution in [0.4, 0.5) is 0 Å². The Morgan fingerprint density at radius 1 is 1.36 bits per heavy atom. The zero-order valence-electron chi connectivity index (χ0n) is 7.41. The van der Waals surface area contributed by atoms with E-state index >= 15 is 0 Å². The minimum Gasteiger partial charge on any atom is -0.360 e. The van der Waals surface area contributed by atoms with Gasteiger partial charge in [0.1, 0.15) is 0 Å². The zero-order chi connectivity index (χ0) is 10.3. The molecule has 2 aromatic rings. The maximum absolute atomic E-state index is 11.3. The Labute approximate surface area is 86.6 Å². The molecular formula is C9H8ClNO2S. The van der Waals surface area contributed by atoms with Crippen LogP contribution in [0.25, 0.3) is 10.9 Å². The van der Waals surface area contributed by atoms with E-state index in [4.69, 9.17) is 11.6 Å². The summed E-state index contributed by atoms with van der Waals surface area (Å²) in [5.74, 6) is 0. The highest BCUT2D eigenvalue weighted by Crippen LogP contribution is 2.26. The van der Waals surface area contributed by atoms with Gasteiger partial charge in [-0.3, -0.25) is 0 Å². The molecule has 2 rings (SSSR count). The maximum Gasteiger partial charge on any atom is 0.175 e. The molecule has 1 N–H and O–H groups in total. The van der Waals surface area contributed by atoms with E-state index in [-0.39, 0.29) is 4.90 Å². The average Bonchev–Trinajstić information content (AvgIpc) is 2.50. The van der Waals surface area contributed by atoms with Gasteiger partial charge in [0.15, 0.2) is 9.84 Å². The number of aromatic nitrogens is 1. The monoisotopic (exact) mass is 229 g/mol. The summed E-state index contributed by atoms with van der Waals surface area (Å²) in [4.78, 5) is 3.18. The number of H-pyrrole nitrogens is 1. The van der Waals surface area contributed by atoms with Gasteiger partial charge >= 0.3 is 0 Å². The van der Waals surface area contributed by atoms with Crippen molar-refractivity contribution in [1.29, 1.82) is 0 Å². The van der Waals surface area contributed by atoms with E-state index in [1.165, 1.54) is 6.07 Å². The lowest BCUT2D eigenvalue weighted by atomic mass is 10.2. The summed E-state index contributed by atoms with van der Waals surface area (Å²) in [6.45, 7) is 0. The fourth-order valence-corrected chi connectivity index (χ4v) is 2.33. The summed E-state index contributed by atoms with van der Waals surface area (Å²) < 4.78 is 22.6. The molecule has 5 heteroatoms. The first-order valence-electron chi connectivity index (χ1n) is 3.95. The molecule has 0 amide bonds. The van der Waals surface area contributed by atoms with Crippen molar-refractivity contribution >= 4 is 32.3 Å². The summed E-state index contributed by atoms with van der Waals surface area (Å²) in [6.07, 6.45) is 2.89. The predicted octanol–water partition coefficient (Wildman–Crippen LogP) is 2.22. The molecule has 1 aromatic heterocycles. The van der Waals surface area contributed by atoms with Crippen LogP contribution in [-0.4, -0.2) is 19.7 Å². The largest absolute Gasteiger partial charge is 0.360 e. The highest BCUT2D eigenvalue weighted by atomic mass is 35.5. The lowest BCUT2D eigenvalue weighted by Crippen LogP contribution is -1.96. The third kappa shape index (κ3) is 1.51. The Kier molecular flexibility index (Phi) is 2.05. The Morgan fingerprint density at radius 2 is 2.07 bits per heavy atom. The molecule has 0 saturated carbocycles. The predicted molar refractivity (Wildman–Crippen MR) is 56.4 cm³/mol. The molecular weight excluding hydrogens is 222 g/mol.